The van der Waals surface area contributed by atoms with Crippen LogP contribution in [0.5, 0.6) is 5.75 Å². The lowest BCUT2D eigenvalue weighted by atomic mass is 10.1. The molecular formula is C13H18BrFO. The lowest BCUT2D eigenvalue weighted by Gasteiger charge is -2.14. The van der Waals surface area contributed by atoms with Gasteiger partial charge in [-0.25, -0.2) is 4.39 Å². The fourth-order valence-electron chi connectivity index (χ4n) is 1.62. The molecule has 0 aliphatic carbocycles. The summed E-state index contributed by atoms with van der Waals surface area (Å²) in [5.74, 6) is 0.579. The Morgan fingerprint density at radius 1 is 1.44 bits per heavy atom. The summed E-state index contributed by atoms with van der Waals surface area (Å²) in [6.07, 6.45) is 2.24. The maximum Gasteiger partial charge on any atom is 0.165 e. The average Bonchev–Trinajstić information content (AvgIpc) is 2.27. The van der Waals surface area contributed by atoms with E-state index in [1.54, 1.807) is 6.07 Å². The van der Waals surface area contributed by atoms with E-state index in [9.17, 15) is 4.39 Å². The van der Waals surface area contributed by atoms with Crippen molar-refractivity contribution < 1.29 is 9.13 Å². The zero-order valence-corrected chi connectivity index (χ0v) is 11.4. The van der Waals surface area contributed by atoms with Gasteiger partial charge in [0.15, 0.2) is 11.6 Å². The van der Waals surface area contributed by atoms with Crippen LogP contribution in [-0.4, -0.2) is 6.61 Å². The SMILES string of the molecule is CCCC(C)COc1c(F)cccc1CBr. The quantitative estimate of drug-likeness (QED) is 0.699. The maximum absolute atomic E-state index is 13.5. The third-order valence-electron chi connectivity index (χ3n) is 2.49. The molecule has 0 N–H and O–H groups in total. The molecule has 0 radical (unpaired) electrons. The summed E-state index contributed by atoms with van der Waals surface area (Å²) in [7, 11) is 0. The lowest BCUT2D eigenvalue weighted by molar-refractivity contribution is 0.240. The van der Waals surface area contributed by atoms with Crippen LogP contribution in [-0.2, 0) is 5.33 Å². The molecule has 0 aliphatic rings. The molecule has 0 fully saturated rings. The molecule has 0 spiro atoms. The molecule has 3 heteroatoms. The molecule has 0 aromatic heterocycles. The molecule has 0 saturated heterocycles. The molecule has 1 rings (SSSR count). The Morgan fingerprint density at radius 3 is 2.81 bits per heavy atom. The first-order valence-corrected chi connectivity index (χ1v) is 6.77. The van der Waals surface area contributed by atoms with Gasteiger partial charge < -0.3 is 4.74 Å². The number of hydrogen-bond donors (Lipinski definition) is 0. The number of alkyl halides is 1. The Morgan fingerprint density at radius 2 is 2.19 bits per heavy atom. The van der Waals surface area contributed by atoms with Gasteiger partial charge in [0.1, 0.15) is 0 Å². The predicted octanol–water partition coefficient (Wildman–Crippen LogP) is 4.54. The Balaban J connectivity index is 2.65. The summed E-state index contributed by atoms with van der Waals surface area (Å²) in [5, 5.41) is 0.613. The van der Waals surface area contributed by atoms with Crippen molar-refractivity contribution in [1.29, 1.82) is 0 Å². The van der Waals surface area contributed by atoms with E-state index in [0.29, 0.717) is 23.6 Å². The fourth-order valence-corrected chi connectivity index (χ4v) is 2.06. The molecule has 16 heavy (non-hydrogen) atoms. The van der Waals surface area contributed by atoms with Crippen LogP contribution in [0, 0.1) is 11.7 Å². The Bertz CT molecular complexity index is 328. The molecule has 1 aromatic rings. The van der Waals surface area contributed by atoms with E-state index in [1.807, 2.05) is 6.07 Å². The van der Waals surface area contributed by atoms with Crippen LogP contribution >= 0.6 is 15.9 Å². The summed E-state index contributed by atoms with van der Waals surface area (Å²) >= 11 is 3.33. The predicted molar refractivity (Wildman–Crippen MR) is 68.6 cm³/mol. The molecule has 0 bridgehead atoms. The van der Waals surface area contributed by atoms with Gasteiger partial charge in [0.25, 0.3) is 0 Å². The van der Waals surface area contributed by atoms with Gasteiger partial charge in [-0.15, -0.1) is 0 Å². The lowest BCUT2D eigenvalue weighted by Crippen LogP contribution is -2.10. The molecule has 0 heterocycles. The molecule has 0 aliphatic heterocycles. The van der Waals surface area contributed by atoms with Gasteiger partial charge in [0, 0.05) is 10.9 Å². The third kappa shape index (κ3) is 3.78. The number of benzene rings is 1. The Labute approximate surface area is 105 Å². The van der Waals surface area contributed by atoms with Crippen molar-refractivity contribution in [2.24, 2.45) is 5.92 Å². The van der Waals surface area contributed by atoms with Gasteiger partial charge in [-0.05, 0) is 18.4 Å². The number of para-hydroxylation sites is 1. The molecule has 1 atom stereocenters. The average molecular weight is 289 g/mol. The van der Waals surface area contributed by atoms with E-state index in [2.05, 4.69) is 29.8 Å². The zero-order chi connectivity index (χ0) is 12.0. The largest absolute Gasteiger partial charge is 0.490 e. The molecular weight excluding hydrogens is 271 g/mol. The van der Waals surface area contributed by atoms with Crippen LogP contribution in [0.2, 0.25) is 0 Å². The van der Waals surface area contributed by atoms with Crippen molar-refractivity contribution in [3.63, 3.8) is 0 Å². The van der Waals surface area contributed by atoms with Crippen molar-refractivity contribution in [2.75, 3.05) is 6.61 Å². The molecule has 1 unspecified atom stereocenters. The first-order valence-electron chi connectivity index (χ1n) is 5.65. The van der Waals surface area contributed by atoms with E-state index in [4.69, 9.17) is 4.74 Å². The summed E-state index contributed by atoms with van der Waals surface area (Å²) < 4.78 is 19.1. The molecule has 0 amide bonds. The highest BCUT2D eigenvalue weighted by atomic mass is 79.9. The van der Waals surface area contributed by atoms with Crippen LogP contribution < -0.4 is 4.74 Å². The highest BCUT2D eigenvalue weighted by Crippen LogP contribution is 2.25. The fraction of sp³-hybridized carbons (Fsp3) is 0.538. The first-order chi connectivity index (χ1) is 7.69. The standard InChI is InChI=1S/C13H18BrFO/c1-3-5-10(2)9-16-13-11(8-14)6-4-7-12(13)15/h4,6-7,10H,3,5,8-9H2,1-2H3. The van der Waals surface area contributed by atoms with Crippen LogP contribution in [0.25, 0.3) is 0 Å². The number of hydrogen-bond acceptors (Lipinski definition) is 1. The minimum Gasteiger partial charge on any atom is -0.490 e. The van der Waals surface area contributed by atoms with Crippen LogP contribution in [0.3, 0.4) is 0 Å². The van der Waals surface area contributed by atoms with Gasteiger partial charge in [-0.1, -0.05) is 48.3 Å². The second-order valence-electron chi connectivity index (χ2n) is 4.07. The second-order valence-corrected chi connectivity index (χ2v) is 4.63. The monoisotopic (exact) mass is 288 g/mol. The van der Waals surface area contributed by atoms with Crippen molar-refractivity contribution in [3.05, 3.63) is 29.6 Å². The molecule has 1 aromatic carbocycles. The van der Waals surface area contributed by atoms with Gasteiger partial charge >= 0.3 is 0 Å². The van der Waals surface area contributed by atoms with Gasteiger partial charge in [0.05, 0.1) is 6.61 Å². The summed E-state index contributed by atoms with van der Waals surface area (Å²) in [6, 6.07) is 5.01. The first kappa shape index (κ1) is 13.5. The number of halogens is 2. The summed E-state index contributed by atoms with van der Waals surface area (Å²) in [4.78, 5) is 0. The topological polar surface area (TPSA) is 9.23 Å². The highest BCUT2D eigenvalue weighted by molar-refractivity contribution is 9.08. The molecule has 1 nitrogen and oxygen atoms in total. The van der Waals surface area contributed by atoms with E-state index in [-0.39, 0.29) is 5.82 Å². The number of ether oxygens (including phenoxy) is 1. The third-order valence-corrected chi connectivity index (χ3v) is 3.09. The highest BCUT2D eigenvalue weighted by Gasteiger charge is 2.10. The zero-order valence-electron chi connectivity index (χ0n) is 9.80. The number of rotatable bonds is 6. The summed E-state index contributed by atoms with van der Waals surface area (Å²) in [6.45, 7) is 4.84. The van der Waals surface area contributed by atoms with Crippen LogP contribution in [0.1, 0.15) is 32.3 Å². The maximum atomic E-state index is 13.5. The van der Waals surface area contributed by atoms with Gasteiger partial charge in [-0.2, -0.15) is 0 Å². The minimum atomic E-state index is -0.277. The van der Waals surface area contributed by atoms with E-state index in [1.165, 1.54) is 6.07 Å². The van der Waals surface area contributed by atoms with E-state index >= 15 is 0 Å². The van der Waals surface area contributed by atoms with Crippen molar-refractivity contribution in [1.82, 2.24) is 0 Å². The molecule has 90 valence electrons. The summed E-state index contributed by atoms with van der Waals surface area (Å²) in [5.41, 5.74) is 0.865. The van der Waals surface area contributed by atoms with Crippen molar-refractivity contribution in [3.8, 4) is 5.75 Å². The van der Waals surface area contributed by atoms with Crippen LogP contribution in [0.4, 0.5) is 4.39 Å². The van der Waals surface area contributed by atoms with Gasteiger partial charge in [0.2, 0.25) is 0 Å². The second kappa shape index (κ2) is 6.89. The van der Waals surface area contributed by atoms with Crippen molar-refractivity contribution in [2.45, 2.75) is 32.0 Å². The minimum absolute atomic E-state index is 0.277. The van der Waals surface area contributed by atoms with Crippen LogP contribution in [0.15, 0.2) is 18.2 Å². The van der Waals surface area contributed by atoms with E-state index < -0.39 is 0 Å². The smallest absolute Gasteiger partial charge is 0.165 e. The van der Waals surface area contributed by atoms with E-state index in [0.717, 1.165) is 18.4 Å². The Kier molecular flexibility index (Phi) is 5.81. The normalized spacial score (nSPS) is 12.5. The molecule has 0 saturated carbocycles. The Hall–Kier alpha value is -0.570. The van der Waals surface area contributed by atoms with Gasteiger partial charge in [-0.3, -0.25) is 0 Å². The van der Waals surface area contributed by atoms with Crippen molar-refractivity contribution >= 4 is 15.9 Å².